The first-order valence-electron chi connectivity index (χ1n) is 14.0. The fraction of sp³-hybridized carbons (Fsp3) is 0.467. The van der Waals surface area contributed by atoms with Gasteiger partial charge in [-0.1, -0.05) is 26.0 Å². The Morgan fingerprint density at radius 2 is 1.90 bits per heavy atom. The van der Waals surface area contributed by atoms with Gasteiger partial charge in [-0.05, 0) is 68.8 Å². The average Bonchev–Trinajstić information content (AvgIpc) is 2.96. The molecule has 0 aliphatic carbocycles. The number of rotatable bonds is 12. The summed E-state index contributed by atoms with van der Waals surface area (Å²) in [5.74, 6) is 0.564. The monoisotopic (exact) mass is 549 g/mol. The van der Waals surface area contributed by atoms with Crippen molar-refractivity contribution in [2.75, 3.05) is 57.0 Å². The first-order chi connectivity index (χ1) is 19.3. The van der Waals surface area contributed by atoms with Gasteiger partial charge >= 0.3 is 5.97 Å². The van der Waals surface area contributed by atoms with Crippen LogP contribution in [0.4, 0.5) is 17.5 Å². The number of carboxylic acids is 1. The predicted octanol–water partition coefficient (Wildman–Crippen LogP) is 3.81. The molecule has 1 aliphatic rings. The van der Waals surface area contributed by atoms with E-state index in [0.29, 0.717) is 38.3 Å². The molecule has 0 amide bonds. The van der Waals surface area contributed by atoms with E-state index < -0.39 is 11.6 Å². The highest BCUT2D eigenvalue weighted by atomic mass is 16.4. The molecule has 3 heterocycles. The Kier molecular flexibility index (Phi) is 11.8. The lowest BCUT2D eigenvalue weighted by Gasteiger charge is -2.37. The van der Waals surface area contributed by atoms with E-state index in [1.807, 2.05) is 81.5 Å². The first kappa shape index (κ1) is 30.9. The zero-order valence-electron chi connectivity index (χ0n) is 24.1. The number of hydrogen-bond donors (Lipinski definition) is 4. The third kappa shape index (κ3) is 9.25. The van der Waals surface area contributed by atoms with Crippen molar-refractivity contribution in [3.8, 4) is 11.3 Å². The molecule has 0 bridgehead atoms. The van der Waals surface area contributed by atoms with Gasteiger partial charge in [-0.15, -0.1) is 0 Å². The highest BCUT2D eigenvalue weighted by Crippen LogP contribution is 2.28. The Balaban J connectivity index is 0.00000216. The van der Waals surface area contributed by atoms with E-state index in [1.54, 1.807) is 6.20 Å². The van der Waals surface area contributed by atoms with Gasteiger partial charge in [0, 0.05) is 56.7 Å². The molecule has 1 aromatic carbocycles. The molecule has 4 N–H and O–H groups in total. The molecule has 0 spiro atoms. The molecule has 40 heavy (non-hydrogen) atoms. The molecule has 1 fully saturated rings. The van der Waals surface area contributed by atoms with Crippen LogP contribution in [0, 0.1) is 0 Å². The van der Waals surface area contributed by atoms with Crippen LogP contribution in [0.15, 0.2) is 54.9 Å². The van der Waals surface area contributed by atoms with Crippen LogP contribution in [0.25, 0.3) is 11.3 Å². The topological polar surface area (TPSA) is 127 Å². The summed E-state index contributed by atoms with van der Waals surface area (Å²) in [6.07, 6.45) is 6.19. The van der Waals surface area contributed by atoms with Gasteiger partial charge in [-0.2, -0.15) is 0 Å². The minimum Gasteiger partial charge on any atom is -0.480 e. The molecule has 0 radical (unpaired) electrons. The summed E-state index contributed by atoms with van der Waals surface area (Å²) in [5.41, 5.74) is 2.68. The molecule has 2 aromatic heterocycles. The summed E-state index contributed by atoms with van der Waals surface area (Å²) < 4.78 is 0. The number of aliphatic hydroxyl groups is 1. The standard InChI is InChI=1S/C28H37N7O3.C2H6/c1-29-12-4-14-34(2)25-8-7-22(19-31-25)24-9-13-30-27(33-24)32-23-6-3-5-21(17-23)18-28(38)10-15-35(16-11-28)20-26(36)37;1-2/h3,5-9,13,17,19,29,38H,4,10-12,14-16,18,20H2,1-2H3,(H,36,37)(H,30,32,33);1-2H3. The van der Waals surface area contributed by atoms with Crippen LogP contribution in [0.5, 0.6) is 0 Å². The molecule has 1 saturated heterocycles. The van der Waals surface area contributed by atoms with Crippen molar-refractivity contribution in [2.24, 2.45) is 0 Å². The van der Waals surface area contributed by atoms with Crippen molar-refractivity contribution in [3.63, 3.8) is 0 Å². The third-order valence-corrected chi connectivity index (χ3v) is 6.87. The number of carbonyl (C=O) groups is 1. The van der Waals surface area contributed by atoms with Gasteiger partial charge in [0.05, 0.1) is 17.8 Å². The van der Waals surface area contributed by atoms with Gasteiger partial charge in [0.1, 0.15) is 5.82 Å². The van der Waals surface area contributed by atoms with Gasteiger partial charge in [0.2, 0.25) is 5.95 Å². The number of hydrogen-bond acceptors (Lipinski definition) is 9. The smallest absolute Gasteiger partial charge is 0.317 e. The Labute approximate surface area is 237 Å². The highest BCUT2D eigenvalue weighted by molar-refractivity contribution is 5.69. The minimum absolute atomic E-state index is 0.0166. The lowest BCUT2D eigenvalue weighted by molar-refractivity contribution is -0.139. The van der Waals surface area contributed by atoms with E-state index in [4.69, 9.17) is 5.11 Å². The Hall–Kier alpha value is -3.60. The van der Waals surface area contributed by atoms with Crippen molar-refractivity contribution in [1.82, 2.24) is 25.2 Å². The number of aliphatic carboxylic acids is 1. The van der Waals surface area contributed by atoms with Gasteiger partial charge in [0.25, 0.3) is 0 Å². The Morgan fingerprint density at radius 3 is 2.58 bits per heavy atom. The van der Waals surface area contributed by atoms with Gasteiger partial charge in [0.15, 0.2) is 0 Å². The summed E-state index contributed by atoms with van der Waals surface area (Å²) in [5, 5.41) is 26.5. The largest absolute Gasteiger partial charge is 0.480 e. The third-order valence-electron chi connectivity index (χ3n) is 6.87. The molecular weight excluding hydrogens is 506 g/mol. The zero-order valence-corrected chi connectivity index (χ0v) is 24.1. The summed E-state index contributed by atoms with van der Waals surface area (Å²) in [6, 6.07) is 13.8. The molecule has 4 rings (SSSR count). The molecule has 10 nitrogen and oxygen atoms in total. The van der Waals surface area contributed by atoms with Crippen molar-refractivity contribution in [2.45, 2.75) is 45.1 Å². The summed E-state index contributed by atoms with van der Waals surface area (Å²) >= 11 is 0. The maximum atomic E-state index is 11.1. The second-order valence-electron chi connectivity index (χ2n) is 9.95. The van der Waals surface area contributed by atoms with E-state index in [-0.39, 0.29) is 6.54 Å². The molecule has 0 atom stereocenters. The highest BCUT2D eigenvalue weighted by Gasteiger charge is 2.33. The molecular formula is C30H43N7O3. The number of benzene rings is 1. The van der Waals surface area contributed by atoms with Crippen LogP contribution >= 0.6 is 0 Å². The average molecular weight is 550 g/mol. The van der Waals surface area contributed by atoms with Crippen molar-refractivity contribution in [3.05, 3.63) is 60.4 Å². The number of pyridine rings is 1. The Morgan fingerprint density at radius 1 is 1.12 bits per heavy atom. The zero-order chi connectivity index (χ0) is 29.0. The van der Waals surface area contributed by atoms with Crippen LogP contribution in [-0.2, 0) is 11.2 Å². The quantitative estimate of drug-likeness (QED) is 0.248. The number of carboxylic acid groups (broad SMARTS) is 1. The van der Waals surface area contributed by atoms with Crippen LogP contribution in [0.1, 0.15) is 38.7 Å². The van der Waals surface area contributed by atoms with Gasteiger partial charge in [-0.3, -0.25) is 9.69 Å². The van der Waals surface area contributed by atoms with Crippen molar-refractivity contribution in [1.29, 1.82) is 0 Å². The van der Waals surface area contributed by atoms with E-state index in [9.17, 15) is 9.90 Å². The Bertz CT molecular complexity index is 1200. The van der Waals surface area contributed by atoms with Crippen molar-refractivity contribution >= 4 is 23.4 Å². The van der Waals surface area contributed by atoms with E-state index in [1.165, 1.54) is 0 Å². The molecule has 10 heteroatoms. The van der Waals surface area contributed by atoms with E-state index in [0.717, 1.165) is 47.8 Å². The number of likely N-dealkylation sites (tertiary alicyclic amines) is 1. The number of aromatic nitrogens is 3. The fourth-order valence-electron chi connectivity index (χ4n) is 4.71. The van der Waals surface area contributed by atoms with Crippen LogP contribution < -0.4 is 15.5 Å². The second-order valence-corrected chi connectivity index (χ2v) is 9.95. The van der Waals surface area contributed by atoms with Crippen molar-refractivity contribution < 1.29 is 15.0 Å². The molecule has 216 valence electrons. The van der Waals surface area contributed by atoms with Gasteiger partial charge < -0.3 is 25.7 Å². The van der Waals surface area contributed by atoms with E-state index in [2.05, 4.69) is 30.5 Å². The number of nitrogens with one attached hydrogen (secondary N) is 2. The summed E-state index contributed by atoms with van der Waals surface area (Å²) in [7, 11) is 4.00. The SMILES string of the molecule is CC.CNCCCN(C)c1ccc(-c2ccnc(Nc3cccc(CC4(O)CCN(CC(=O)O)CC4)c3)n2)cn1. The predicted molar refractivity (Wildman–Crippen MR) is 160 cm³/mol. The molecule has 3 aromatic rings. The number of piperidine rings is 1. The number of nitrogens with zero attached hydrogens (tertiary/aromatic N) is 5. The molecule has 0 unspecified atom stereocenters. The maximum Gasteiger partial charge on any atom is 0.317 e. The summed E-state index contributed by atoms with van der Waals surface area (Å²) in [4.78, 5) is 28.6. The molecule has 0 saturated carbocycles. The van der Waals surface area contributed by atoms with Crippen LogP contribution in [-0.4, -0.2) is 88.5 Å². The minimum atomic E-state index is -0.843. The van der Waals surface area contributed by atoms with Crippen LogP contribution in [0.3, 0.4) is 0 Å². The normalized spacial score (nSPS) is 14.6. The maximum absolute atomic E-state index is 11.1. The van der Waals surface area contributed by atoms with E-state index >= 15 is 0 Å². The first-order valence-corrected chi connectivity index (χ1v) is 14.0. The number of anilines is 3. The molecule has 1 aliphatic heterocycles. The fourth-order valence-corrected chi connectivity index (χ4v) is 4.71. The lowest BCUT2D eigenvalue weighted by Crippen LogP contribution is -2.47. The van der Waals surface area contributed by atoms with Crippen LogP contribution in [0.2, 0.25) is 0 Å². The lowest BCUT2D eigenvalue weighted by atomic mass is 9.85. The van der Waals surface area contributed by atoms with Gasteiger partial charge in [-0.25, -0.2) is 15.0 Å². The summed E-state index contributed by atoms with van der Waals surface area (Å²) in [6.45, 7) is 7.06. The second kappa shape index (κ2) is 15.3.